The molecule has 0 saturated carbocycles. The van der Waals surface area contributed by atoms with Gasteiger partial charge in [-0.1, -0.05) is 296 Å². The second-order valence-corrected chi connectivity index (χ2v) is 28.8. The Labute approximate surface area is 618 Å². The van der Waals surface area contributed by atoms with Gasteiger partial charge in [0.1, 0.15) is 19.3 Å². The molecule has 5 atom stereocenters. The number of allylic oxidation sites excluding steroid dienone is 21. The third-order valence-electron chi connectivity index (χ3n) is 16.1. The van der Waals surface area contributed by atoms with Crippen LogP contribution >= 0.6 is 15.6 Å². The summed E-state index contributed by atoms with van der Waals surface area (Å²) in [5.74, 6) is -2.36. The van der Waals surface area contributed by atoms with Crippen molar-refractivity contribution in [1.82, 2.24) is 0 Å². The minimum Gasteiger partial charge on any atom is -0.462 e. The molecule has 0 aliphatic heterocycles. The molecule has 0 radical (unpaired) electrons. The smallest absolute Gasteiger partial charge is 0.462 e. The van der Waals surface area contributed by atoms with Gasteiger partial charge in [-0.25, -0.2) is 9.13 Å². The van der Waals surface area contributed by atoms with Gasteiger partial charge in [0, 0.05) is 19.3 Å². The highest BCUT2D eigenvalue weighted by molar-refractivity contribution is 7.47. The average Bonchev–Trinajstić information content (AvgIpc) is 0.908. The van der Waals surface area contributed by atoms with E-state index >= 15 is 0 Å². The Morgan fingerprint density at radius 1 is 0.294 bits per heavy atom. The van der Waals surface area contributed by atoms with E-state index < -0.39 is 97.5 Å². The predicted molar refractivity (Wildman–Crippen MR) is 418 cm³/mol. The van der Waals surface area contributed by atoms with Crippen LogP contribution in [-0.4, -0.2) is 96.7 Å². The quantitative estimate of drug-likeness (QED) is 0.0169. The zero-order valence-corrected chi connectivity index (χ0v) is 65.5. The highest BCUT2D eigenvalue weighted by atomic mass is 31.2. The fraction of sp³-hybridized carbons (Fsp3) is 0.687. The van der Waals surface area contributed by atoms with Crippen molar-refractivity contribution in [2.75, 3.05) is 39.6 Å². The second-order valence-electron chi connectivity index (χ2n) is 25.9. The van der Waals surface area contributed by atoms with Crippen molar-refractivity contribution in [1.29, 1.82) is 0 Å². The average molecular weight is 1470 g/mol. The first kappa shape index (κ1) is 97.2. The highest BCUT2D eigenvalue weighted by Crippen LogP contribution is 2.45. The lowest BCUT2D eigenvalue weighted by atomic mass is 10.0. The summed E-state index contributed by atoms with van der Waals surface area (Å²) in [7, 11) is -9.99. The molecule has 3 N–H and O–H groups in total. The van der Waals surface area contributed by atoms with Crippen molar-refractivity contribution < 1.29 is 80.2 Å². The number of esters is 4. The molecule has 0 aromatic rings. The minimum absolute atomic E-state index is 0.0715. The Kier molecular flexibility index (Phi) is 71.0. The lowest BCUT2D eigenvalue weighted by Crippen LogP contribution is -2.30. The molecule has 5 unspecified atom stereocenters. The van der Waals surface area contributed by atoms with Crippen LogP contribution in [0.2, 0.25) is 0 Å². The normalized spacial score (nSPS) is 14.6. The number of aliphatic hydroxyl groups is 1. The Balaban J connectivity index is 5.43. The molecular weight excluding hydrogens is 1330 g/mol. The van der Waals surface area contributed by atoms with Crippen molar-refractivity contribution in [3.8, 4) is 0 Å². The fourth-order valence-electron chi connectivity index (χ4n) is 10.2. The summed E-state index contributed by atoms with van der Waals surface area (Å²) >= 11 is 0. The fourth-order valence-corrected chi connectivity index (χ4v) is 11.8. The van der Waals surface area contributed by atoms with Gasteiger partial charge in [-0.05, 0) is 122 Å². The van der Waals surface area contributed by atoms with E-state index in [4.69, 9.17) is 37.0 Å². The van der Waals surface area contributed by atoms with Crippen molar-refractivity contribution >= 4 is 39.5 Å². The third kappa shape index (κ3) is 73.5. The van der Waals surface area contributed by atoms with E-state index in [9.17, 15) is 43.2 Å². The maximum Gasteiger partial charge on any atom is 0.472 e. The van der Waals surface area contributed by atoms with Gasteiger partial charge >= 0.3 is 39.5 Å². The van der Waals surface area contributed by atoms with Crippen LogP contribution in [0.4, 0.5) is 0 Å². The molecule has 0 heterocycles. The van der Waals surface area contributed by atoms with Gasteiger partial charge in [0.15, 0.2) is 12.2 Å². The number of hydrogen-bond donors (Lipinski definition) is 3. The number of phosphoric acid groups is 2. The summed E-state index contributed by atoms with van der Waals surface area (Å²) in [6, 6.07) is 0. The lowest BCUT2D eigenvalue weighted by molar-refractivity contribution is -0.161. The Morgan fingerprint density at radius 2 is 0.549 bits per heavy atom. The molecule has 19 heteroatoms. The van der Waals surface area contributed by atoms with Gasteiger partial charge in [-0.2, -0.15) is 0 Å². The van der Waals surface area contributed by atoms with E-state index in [2.05, 4.69) is 137 Å². The number of hydrogen-bond acceptors (Lipinski definition) is 15. The van der Waals surface area contributed by atoms with Crippen LogP contribution < -0.4 is 0 Å². The Bertz CT molecular complexity index is 2460. The summed E-state index contributed by atoms with van der Waals surface area (Å²) in [6.07, 6.45) is 83.2. The largest absolute Gasteiger partial charge is 0.472 e. The zero-order chi connectivity index (χ0) is 74.6. The molecule has 0 amide bonds. The van der Waals surface area contributed by atoms with Crippen LogP contribution in [0, 0.1) is 0 Å². The molecule has 584 valence electrons. The Morgan fingerprint density at radius 3 is 0.902 bits per heavy atom. The van der Waals surface area contributed by atoms with E-state index in [-0.39, 0.29) is 25.7 Å². The molecule has 0 aromatic heterocycles. The molecule has 0 saturated heterocycles. The number of aliphatic hydroxyl groups excluding tert-OH is 1. The summed E-state index contributed by atoms with van der Waals surface area (Å²) in [5, 5.41) is 10.6. The van der Waals surface area contributed by atoms with Gasteiger partial charge in [0.25, 0.3) is 0 Å². The van der Waals surface area contributed by atoms with Gasteiger partial charge < -0.3 is 33.8 Å². The first-order chi connectivity index (χ1) is 49.7. The van der Waals surface area contributed by atoms with Crippen molar-refractivity contribution in [2.24, 2.45) is 0 Å². The topological polar surface area (TPSA) is 237 Å². The number of carbonyl (C=O) groups is 4. The molecule has 0 rings (SSSR count). The molecule has 0 bridgehead atoms. The standard InChI is InChI=1S/C83H140O17P2/c1-5-9-13-17-21-25-29-33-36-37-38-39-42-45-48-52-56-60-64-68-81(86)94-73-78(99-82(87)69-65-61-57-53-49-43-32-28-24-20-16-12-8-4)75-97-101(89,90)95-71-77(84)72-96-102(91,92)98-76-79(100-83(88)70-66-62-58-54-50-46-41-35-31-27-23-19-15-11-7-3)74-93-80(85)67-63-59-55-51-47-44-40-34-30-26-22-18-14-10-6-2/h9-10,13-14,21-22,25-26,28,32-34,36,38-40,45,47-48,51,59,63,77-79,84H,5-8,11-12,15-20,23-24,27,29-31,35,37,41-44,46,49-50,52-58,60-62,64-76H2,1-4H3,(H,89,90)(H,91,92)/b13-9-,14-10-,25-21-,26-22-,32-28-,36-33-,39-38-,40-34-,48-45-,51-47-,63-59-. The number of unbranched alkanes of at least 4 members (excludes halogenated alkanes) is 26. The molecule has 17 nitrogen and oxygen atoms in total. The van der Waals surface area contributed by atoms with E-state index in [0.717, 1.165) is 141 Å². The summed E-state index contributed by atoms with van der Waals surface area (Å²) in [4.78, 5) is 72.9. The minimum atomic E-state index is -5.00. The van der Waals surface area contributed by atoms with Crippen LogP contribution in [0.1, 0.15) is 310 Å². The van der Waals surface area contributed by atoms with Gasteiger partial charge in [0.05, 0.1) is 32.8 Å². The molecule has 102 heavy (non-hydrogen) atoms. The third-order valence-corrected chi connectivity index (χ3v) is 18.0. The molecular formula is C83H140O17P2. The predicted octanol–water partition coefficient (Wildman–Crippen LogP) is 22.9. The van der Waals surface area contributed by atoms with E-state index in [1.165, 1.54) is 89.9 Å². The molecule has 0 aromatic carbocycles. The summed E-state index contributed by atoms with van der Waals surface area (Å²) in [6.45, 7) is 4.49. The number of carbonyl (C=O) groups excluding carboxylic acids is 4. The first-order valence-corrected chi connectivity index (χ1v) is 42.4. The molecule has 0 spiro atoms. The van der Waals surface area contributed by atoms with Crippen LogP contribution in [-0.2, 0) is 65.4 Å². The monoisotopic (exact) mass is 1470 g/mol. The van der Waals surface area contributed by atoms with Crippen molar-refractivity contribution in [2.45, 2.75) is 329 Å². The Hall–Kier alpha value is -4.80. The SMILES string of the molecule is CC/C=C\C/C=C\C/C=C\C/C=C\C/C=C\CCCCCC(=O)OCC(COP(=O)(O)OCC(O)COP(=O)(O)OCC(COC(=O)C/C=C\C/C=C\C/C=C\C/C=C\C/C=C\CC)OC(=O)CCCCCCCCCCCCCCCCC)OC(=O)CCCCCCC/C=C\CCCCCC. The van der Waals surface area contributed by atoms with Crippen LogP contribution in [0.3, 0.4) is 0 Å². The van der Waals surface area contributed by atoms with Crippen LogP contribution in [0.15, 0.2) is 134 Å². The molecule has 0 aliphatic carbocycles. The van der Waals surface area contributed by atoms with Crippen molar-refractivity contribution in [3.05, 3.63) is 134 Å². The van der Waals surface area contributed by atoms with Crippen LogP contribution in [0.25, 0.3) is 0 Å². The van der Waals surface area contributed by atoms with E-state index in [1.54, 1.807) is 6.08 Å². The van der Waals surface area contributed by atoms with E-state index in [1.807, 2.05) is 18.2 Å². The van der Waals surface area contributed by atoms with Gasteiger partial charge in [0.2, 0.25) is 0 Å². The second kappa shape index (κ2) is 74.5. The lowest BCUT2D eigenvalue weighted by Gasteiger charge is -2.21. The summed E-state index contributed by atoms with van der Waals surface area (Å²) in [5.41, 5.74) is 0. The number of phosphoric ester groups is 2. The summed E-state index contributed by atoms with van der Waals surface area (Å²) < 4.78 is 68.4. The van der Waals surface area contributed by atoms with Gasteiger partial charge in [-0.15, -0.1) is 0 Å². The highest BCUT2D eigenvalue weighted by Gasteiger charge is 2.30. The van der Waals surface area contributed by atoms with Crippen molar-refractivity contribution in [3.63, 3.8) is 0 Å². The van der Waals surface area contributed by atoms with Gasteiger partial charge in [-0.3, -0.25) is 37.3 Å². The zero-order valence-electron chi connectivity index (χ0n) is 63.7. The maximum absolute atomic E-state index is 13.1. The number of ether oxygens (including phenoxy) is 4. The van der Waals surface area contributed by atoms with E-state index in [0.29, 0.717) is 25.7 Å². The first-order valence-electron chi connectivity index (χ1n) is 39.4. The van der Waals surface area contributed by atoms with Crippen LogP contribution in [0.5, 0.6) is 0 Å². The molecule has 0 fully saturated rings. The number of rotatable bonds is 73. The maximum atomic E-state index is 13.1. The molecule has 0 aliphatic rings.